The Morgan fingerprint density at radius 1 is 1.39 bits per heavy atom. The number of aliphatic carboxylic acids is 1. The summed E-state index contributed by atoms with van der Waals surface area (Å²) in [5.41, 5.74) is 1.61. The van der Waals surface area contributed by atoms with Gasteiger partial charge in [-0.15, -0.1) is 12.4 Å². The Morgan fingerprint density at radius 3 is 2.78 bits per heavy atom. The molecule has 1 aliphatic rings. The molecule has 1 heterocycles. The van der Waals surface area contributed by atoms with E-state index in [9.17, 15) is 14.7 Å². The lowest BCUT2D eigenvalue weighted by molar-refractivity contribution is -0.142. The molecular weight excluding hydrogens is 316 g/mol. The molecule has 0 bridgehead atoms. The number of carboxylic acids is 1. The highest BCUT2D eigenvalue weighted by atomic mass is 35.5. The van der Waals surface area contributed by atoms with Crippen LogP contribution in [0.3, 0.4) is 0 Å². The third kappa shape index (κ3) is 5.52. The van der Waals surface area contributed by atoms with Gasteiger partial charge in [-0.05, 0) is 43.0 Å². The number of nitrogens with zero attached hydrogens (tertiary/aromatic N) is 1. The molecule has 1 aromatic rings. The van der Waals surface area contributed by atoms with Gasteiger partial charge in [0.25, 0.3) is 5.91 Å². The second kappa shape index (κ2) is 8.89. The lowest BCUT2D eigenvalue weighted by Crippen LogP contribution is -2.35. The lowest BCUT2D eigenvalue weighted by atomic mass is 10.1. The van der Waals surface area contributed by atoms with Crippen molar-refractivity contribution in [2.45, 2.75) is 39.3 Å². The summed E-state index contributed by atoms with van der Waals surface area (Å²) >= 11 is 0. The number of halogens is 1. The summed E-state index contributed by atoms with van der Waals surface area (Å²) in [6.07, 6.45) is 1.61. The van der Waals surface area contributed by atoms with Crippen LogP contribution in [0.5, 0.6) is 0 Å². The van der Waals surface area contributed by atoms with Gasteiger partial charge in [0.05, 0.1) is 0 Å². The quantitative estimate of drug-likeness (QED) is 0.835. The number of carbonyl (C=O) groups is 2. The average Bonchev–Trinajstić information content (AvgIpc) is 2.93. The smallest absolute Gasteiger partial charge is 0.320 e. The van der Waals surface area contributed by atoms with Crippen molar-refractivity contribution >= 4 is 24.3 Å². The van der Waals surface area contributed by atoms with Crippen LogP contribution in [0, 0.1) is 5.92 Å². The van der Waals surface area contributed by atoms with E-state index in [4.69, 9.17) is 0 Å². The number of hydrogen-bond acceptors (Lipinski definition) is 3. The van der Waals surface area contributed by atoms with Crippen LogP contribution in [0.15, 0.2) is 24.3 Å². The molecule has 5 nitrogen and oxygen atoms in total. The third-order valence-electron chi connectivity index (χ3n) is 3.89. The molecule has 1 fully saturated rings. The van der Waals surface area contributed by atoms with E-state index >= 15 is 0 Å². The second-order valence-corrected chi connectivity index (χ2v) is 6.27. The number of benzene rings is 1. The van der Waals surface area contributed by atoms with E-state index in [1.807, 2.05) is 23.1 Å². The highest BCUT2D eigenvalue weighted by Crippen LogP contribution is 2.20. The number of carbonyl (C=O) groups excluding carboxylic acids is 1. The predicted molar refractivity (Wildman–Crippen MR) is 91.9 cm³/mol. The predicted octanol–water partition coefficient (Wildman–Crippen LogP) is 2.54. The number of hydrogen-bond donors (Lipinski definition) is 2. The molecule has 1 saturated heterocycles. The maximum Gasteiger partial charge on any atom is 0.320 e. The molecule has 0 unspecified atom stereocenters. The van der Waals surface area contributed by atoms with Gasteiger partial charge in [-0.25, -0.2) is 0 Å². The van der Waals surface area contributed by atoms with Gasteiger partial charge in [0.15, 0.2) is 0 Å². The lowest BCUT2D eigenvalue weighted by Gasteiger charge is -2.21. The number of carboxylic acid groups (broad SMARTS) is 1. The van der Waals surface area contributed by atoms with Crippen LogP contribution >= 0.6 is 12.4 Å². The first-order valence-electron chi connectivity index (χ1n) is 7.81. The van der Waals surface area contributed by atoms with E-state index in [0.29, 0.717) is 31.0 Å². The van der Waals surface area contributed by atoms with E-state index in [0.717, 1.165) is 18.5 Å². The van der Waals surface area contributed by atoms with Crippen LogP contribution in [0.1, 0.15) is 42.6 Å². The van der Waals surface area contributed by atoms with Gasteiger partial charge in [0.1, 0.15) is 6.04 Å². The molecule has 1 amide bonds. The first-order chi connectivity index (χ1) is 10.5. The number of amides is 1. The van der Waals surface area contributed by atoms with Crippen LogP contribution < -0.4 is 5.32 Å². The SMILES string of the molecule is CC(C)CNC(=O)c1cccc(CN2CCC[C@@H]2C(=O)O)c1.Cl. The Morgan fingerprint density at radius 2 is 2.13 bits per heavy atom. The fourth-order valence-electron chi connectivity index (χ4n) is 2.74. The Bertz CT molecular complexity index is 548. The van der Waals surface area contributed by atoms with Gasteiger partial charge < -0.3 is 10.4 Å². The molecule has 128 valence electrons. The highest BCUT2D eigenvalue weighted by molar-refractivity contribution is 5.94. The summed E-state index contributed by atoms with van der Waals surface area (Å²) in [6.45, 7) is 6.12. The number of nitrogens with one attached hydrogen (secondary N) is 1. The number of rotatable bonds is 6. The number of likely N-dealkylation sites (tertiary alicyclic amines) is 1. The van der Waals surface area contributed by atoms with Crippen LogP contribution in [0.25, 0.3) is 0 Å². The Hall–Kier alpha value is -1.59. The average molecular weight is 341 g/mol. The van der Waals surface area contributed by atoms with Crippen LogP contribution in [-0.4, -0.2) is 41.0 Å². The van der Waals surface area contributed by atoms with Crippen molar-refractivity contribution < 1.29 is 14.7 Å². The molecule has 6 heteroatoms. The van der Waals surface area contributed by atoms with Gasteiger partial charge in [-0.3, -0.25) is 14.5 Å². The van der Waals surface area contributed by atoms with E-state index in [1.54, 1.807) is 6.07 Å². The molecule has 1 aliphatic heterocycles. The molecule has 0 aromatic heterocycles. The van der Waals surface area contributed by atoms with Crippen LogP contribution in [0.4, 0.5) is 0 Å². The van der Waals surface area contributed by atoms with Gasteiger partial charge in [-0.2, -0.15) is 0 Å². The zero-order valence-electron chi connectivity index (χ0n) is 13.6. The van der Waals surface area contributed by atoms with Crippen molar-refractivity contribution in [1.29, 1.82) is 0 Å². The van der Waals surface area contributed by atoms with Gasteiger partial charge in [0, 0.05) is 18.7 Å². The largest absolute Gasteiger partial charge is 0.480 e. The second-order valence-electron chi connectivity index (χ2n) is 6.27. The minimum atomic E-state index is -0.761. The molecule has 0 saturated carbocycles. The van der Waals surface area contributed by atoms with Crippen molar-refractivity contribution in [3.63, 3.8) is 0 Å². The topological polar surface area (TPSA) is 69.6 Å². The summed E-state index contributed by atoms with van der Waals surface area (Å²) in [6, 6.07) is 7.03. The van der Waals surface area contributed by atoms with Crippen molar-refractivity contribution in [3.05, 3.63) is 35.4 Å². The molecule has 0 radical (unpaired) electrons. The molecule has 0 spiro atoms. The standard InChI is InChI=1S/C17H24N2O3.ClH/c1-12(2)10-18-16(20)14-6-3-5-13(9-14)11-19-8-4-7-15(19)17(21)22;/h3,5-6,9,12,15H,4,7-8,10-11H2,1-2H3,(H,18,20)(H,21,22);1H/t15-;/m1./s1. The zero-order valence-corrected chi connectivity index (χ0v) is 14.4. The summed E-state index contributed by atoms with van der Waals surface area (Å²) in [5, 5.41) is 12.1. The van der Waals surface area contributed by atoms with E-state index in [2.05, 4.69) is 19.2 Å². The normalized spacial score (nSPS) is 17.8. The van der Waals surface area contributed by atoms with Gasteiger partial charge >= 0.3 is 5.97 Å². The van der Waals surface area contributed by atoms with E-state index in [1.165, 1.54) is 0 Å². The summed E-state index contributed by atoms with van der Waals surface area (Å²) in [7, 11) is 0. The summed E-state index contributed by atoms with van der Waals surface area (Å²) in [4.78, 5) is 25.3. The molecular formula is C17H25ClN2O3. The fraction of sp³-hybridized carbons (Fsp3) is 0.529. The van der Waals surface area contributed by atoms with E-state index < -0.39 is 12.0 Å². The first-order valence-corrected chi connectivity index (χ1v) is 7.81. The molecule has 23 heavy (non-hydrogen) atoms. The molecule has 2 rings (SSSR count). The van der Waals surface area contributed by atoms with Crippen LogP contribution in [-0.2, 0) is 11.3 Å². The first kappa shape index (κ1) is 19.5. The van der Waals surface area contributed by atoms with Gasteiger partial charge in [0.2, 0.25) is 0 Å². The third-order valence-corrected chi connectivity index (χ3v) is 3.89. The van der Waals surface area contributed by atoms with Crippen molar-refractivity contribution in [2.75, 3.05) is 13.1 Å². The summed E-state index contributed by atoms with van der Waals surface area (Å²) in [5.74, 6) is -0.428. The fourth-order valence-corrected chi connectivity index (χ4v) is 2.74. The molecule has 2 N–H and O–H groups in total. The minimum Gasteiger partial charge on any atom is -0.480 e. The Kier molecular flexibility index (Phi) is 7.52. The zero-order chi connectivity index (χ0) is 16.1. The van der Waals surface area contributed by atoms with Crippen molar-refractivity contribution in [1.82, 2.24) is 10.2 Å². The molecule has 0 aliphatic carbocycles. The molecule has 1 aromatic carbocycles. The van der Waals surface area contributed by atoms with Gasteiger partial charge in [-0.1, -0.05) is 26.0 Å². The summed E-state index contributed by atoms with van der Waals surface area (Å²) < 4.78 is 0. The molecule has 1 atom stereocenters. The maximum atomic E-state index is 12.1. The Balaban J connectivity index is 0.00000264. The highest BCUT2D eigenvalue weighted by Gasteiger charge is 2.30. The Labute approximate surface area is 143 Å². The van der Waals surface area contributed by atoms with Crippen LogP contribution in [0.2, 0.25) is 0 Å². The van der Waals surface area contributed by atoms with Crippen molar-refractivity contribution in [2.24, 2.45) is 5.92 Å². The maximum absolute atomic E-state index is 12.1. The minimum absolute atomic E-state index is 0. The van der Waals surface area contributed by atoms with E-state index in [-0.39, 0.29) is 18.3 Å². The van der Waals surface area contributed by atoms with Crippen molar-refractivity contribution in [3.8, 4) is 0 Å². The monoisotopic (exact) mass is 340 g/mol.